The van der Waals surface area contributed by atoms with Gasteiger partial charge in [-0.25, -0.2) is 0 Å². The first-order chi connectivity index (χ1) is 14.7. The minimum Gasteiger partial charge on any atom is -0.462 e. The van der Waals surface area contributed by atoms with E-state index in [0.29, 0.717) is 5.41 Å². The van der Waals surface area contributed by atoms with Gasteiger partial charge in [-0.2, -0.15) is 0 Å². The highest BCUT2D eigenvalue weighted by Gasteiger charge is 2.54. The standard InChI is InChI=1S/C29H50O2/c1-20(2)9-7-10-22(4)27-15-16-28-26-14-13-21(3)19-25(31-23(5)30)12-8-11-24(26)17-18-29(27,28)6/h13,20,22,24-28H,7-12,14-19H2,1-6H3/b21-13+/t22-,24?,25+,26-,27-,28?,29-/m1/s1. The molecule has 3 rings (SSSR count). The van der Waals surface area contributed by atoms with Gasteiger partial charge in [-0.1, -0.05) is 65.0 Å². The summed E-state index contributed by atoms with van der Waals surface area (Å²) in [6.07, 6.45) is 18.4. The van der Waals surface area contributed by atoms with Gasteiger partial charge in [0.25, 0.3) is 0 Å². The molecule has 2 nitrogen and oxygen atoms in total. The van der Waals surface area contributed by atoms with Gasteiger partial charge in [0, 0.05) is 13.3 Å². The first kappa shape index (κ1) is 24.8. The van der Waals surface area contributed by atoms with Crippen molar-refractivity contribution < 1.29 is 9.53 Å². The van der Waals surface area contributed by atoms with Gasteiger partial charge < -0.3 is 4.74 Å². The molecule has 0 aliphatic heterocycles. The summed E-state index contributed by atoms with van der Waals surface area (Å²) in [6, 6.07) is 0. The first-order valence-electron chi connectivity index (χ1n) is 13.5. The molecular weight excluding hydrogens is 380 g/mol. The van der Waals surface area contributed by atoms with E-state index in [4.69, 9.17) is 4.74 Å². The van der Waals surface area contributed by atoms with Gasteiger partial charge in [0.15, 0.2) is 0 Å². The SMILES string of the molecule is CC(=O)O[C@H]1CCCC2CC[C@@]3(C)C(CC[C@@H]3[C@H](C)CCCC(C)C)[C@@H]2C/C=C(\C)C1. The molecule has 3 aliphatic carbocycles. The van der Waals surface area contributed by atoms with Gasteiger partial charge in [-0.05, 0) is 92.8 Å². The Morgan fingerprint density at radius 2 is 1.90 bits per heavy atom. The second kappa shape index (κ2) is 10.9. The normalized spacial score (nSPS) is 39.2. The van der Waals surface area contributed by atoms with Crippen molar-refractivity contribution in [3.63, 3.8) is 0 Å². The molecule has 0 amide bonds. The van der Waals surface area contributed by atoms with Gasteiger partial charge in [-0.3, -0.25) is 4.79 Å². The van der Waals surface area contributed by atoms with Gasteiger partial charge in [0.05, 0.1) is 0 Å². The largest absolute Gasteiger partial charge is 0.462 e. The fourth-order valence-corrected chi connectivity index (χ4v) is 7.93. The molecule has 2 saturated carbocycles. The van der Waals surface area contributed by atoms with Crippen LogP contribution < -0.4 is 0 Å². The molecule has 0 aromatic carbocycles. The monoisotopic (exact) mass is 430 g/mol. The first-order valence-corrected chi connectivity index (χ1v) is 13.5. The summed E-state index contributed by atoms with van der Waals surface area (Å²) in [4.78, 5) is 11.5. The van der Waals surface area contributed by atoms with E-state index in [2.05, 4.69) is 40.7 Å². The summed E-state index contributed by atoms with van der Waals surface area (Å²) in [7, 11) is 0. The molecule has 0 radical (unpaired) electrons. The average molecular weight is 431 g/mol. The maximum atomic E-state index is 11.5. The van der Waals surface area contributed by atoms with E-state index < -0.39 is 0 Å². The van der Waals surface area contributed by atoms with Crippen molar-refractivity contribution >= 4 is 5.97 Å². The van der Waals surface area contributed by atoms with E-state index in [1.807, 2.05) is 0 Å². The maximum absolute atomic E-state index is 11.5. The van der Waals surface area contributed by atoms with Crippen LogP contribution in [0, 0.1) is 40.9 Å². The topological polar surface area (TPSA) is 26.3 Å². The van der Waals surface area contributed by atoms with E-state index in [-0.39, 0.29) is 12.1 Å². The third-order valence-electron chi connectivity index (χ3n) is 9.51. The van der Waals surface area contributed by atoms with Gasteiger partial charge in [0.1, 0.15) is 6.10 Å². The molecule has 2 unspecified atom stereocenters. The number of carbonyl (C=O) groups is 1. The zero-order valence-electron chi connectivity index (χ0n) is 21.4. The quantitative estimate of drug-likeness (QED) is 0.312. The predicted octanol–water partition coefficient (Wildman–Crippen LogP) is 8.35. The van der Waals surface area contributed by atoms with Crippen LogP contribution in [0.3, 0.4) is 0 Å². The number of hydrogen-bond acceptors (Lipinski definition) is 2. The second-order valence-corrected chi connectivity index (χ2v) is 12.2. The molecule has 0 bridgehead atoms. The van der Waals surface area contributed by atoms with Crippen molar-refractivity contribution in [1.29, 1.82) is 0 Å². The van der Waals surface area contributed by atoms with E-state index in [1.165, 1.54) is 69.8 Å². The van der Waals surface area contributed by atoms with Gasteiger partial charge in [0.2, 0.25) is 0 Å². The van der Waals surface area contributed by atoms with E-state index in [0.717, 1.165) is 48.3 Å². The Morgan fingerprint density at radius 1 is 1.13 bits per heavy atom. The summed E-state index contributed by atoms with van der Waals surface area (Å²) < 4.78 is 5.62. The summed E-state index contributed by atoms with van der Waals surface area (Å²) >= 11 is 0. The molecule has 0 heterocycles. The van der Waals surface area contributed by atoms with Crippen molar-refractivity contribution in [3.8, 4) is 0 Å². The number of rotatable bonds is 6. The van der Waals surface area contributed by atoms with Crippen molar-refractivity contribution in [2.24, 2.45) is 40.9 Å². The van der Waals surface area contributed by atoms with Crippen LogP contribution in [-0.4, -0.2) is 12.1 Å². The summed E-state index contributed by atoms with van der Waals surface area (Å²) in [6.45, 7) is 13.8. The molecule has 31 heavy (non-hydrogen) atoms. The van der Waals surface area contributed by atoms with Crippen molar-refractivity contribution in [1.82, 2.24) is 0 Å². The highest BCUT2D eigenvalue weighted by molar-refractivity contribution is 5.66. The third-order valence-corrected chi connectivity index (χ3v) is 9.51. The lowest BCUT2D eigenvalue weighted by atomic mass is 9.55. The van der Waals surface area contributed by atoms with Crippen molar-refractivity contribution in [2.45, 2.75) is 125 Å². The average Bonchev–Trinajstić information content (AvgIpc) is 3.03. The van der Waals surface area contributed by atoms with E-state index in [9.17, 15) is 4.79 Å². The molecule has 0 spiro atoms. The number of allylic oxidation sites excluding steroid dienone is 1. The molecule has 0 aromatic rings. The number of esters is 1. The lowest BCUT2D eigenvalue weighted by molar-refractivity contribution is -0.146. The van der Waals surface area contributed by atoms with Crippen LogP contribution in [0.1, 0.15) is 119 Å². The fourth-order valence-electron chi connectivity index (χ4n) is 7.93. The lowest BCUT2D eigenvalue weighted by Crippen LogP contribution is -2.43. The minimum atomic E-state index is -0.124. The molecule has 2 heteroatoms. The Hall–Kier alpha value is -0.790. The molecular formula is C29H50O2. The van der Waals surface area contributed by atoms with Crippen LogP contribution in [0.25, 0.3) is 0 Å². The molecule has 2 fully saturated rings. The maximum Gasteiger partial charge on any atom is 0.302 e. The Morgan fingerprint density at radius 3 is 2.61 bits per heavy atom. The second-order valence-electron chi connectivity index (χ2n) is 12.2. The van der Waals surface area contributed by atoms with Crippen LogP contribution in [0.15, 0.2) is 11.6 Å². The molecule has 0 saturated heterocycles. The number of hydrogen-bond donors (Lipinski definition) is 0. The third kappa shape index (κ3) is 6.17. The summed E-state index contributed by atoms with van der Waals surface area (Å²) in [5.74, 6) is 5.18. The predicted molar refractivity (Wildman–Crippen MR) is 131 cm³/mol. The van der Waals surface area contributed by atoms with Crippen molar-refractivity contribution in [3.05, 3.63) is 11.6 Å². The summed E-state index contributed by atoms with van der Waals surface area (Å²) in [5, 5.41) is 0. The molecule has 3 aliphatic rings. The van der Waals surface area contributed by atoms with Crippen LogP contribution in [-0.2, 0) is 9.53 Å². The van der Waals surface area contributed by atoms with Gasteiger partial charge >= 0.3 is 5.97 Å². The zero-order valence-corrected chi connectivity index (χ0v) is 21.4. The fraction of sp³-hybridized carbons (Fsp3) is 0.897. The molecule has 0 N–H and O–H groups in total. The molecule has 178 valence electrons. The molecule has 0 aromatic heterocycles. The van der Waals surface area contributed by atoms with Gasteiger partial charge in [-0.15, -0.1) is 0 Å². The number of carbonyl (C=O) groups excluding carboxylic acids is 1. The van der Waals surface area contributed by atoms with Crippen LogP contribution >= 0.6 is 0 Å². The zero-order chi connectivity index (χ0) is 22.6. The van der Waals surface area contributed by atoms with Crippen molar-refractivity contribution in [2.75, 3.05) is 0 Å². The Balaban J connectivity index is 1.69. The summed E-state index contributed by atoms with van der Waals surface area (Å²) in [5.41, 5.74) is 1.99. The Labute approximate surface area is 193 Å². The van der Waals surface area contributed by atoms with Crippen LogP contribution in [0.5, 0.6) is 0 Å². The minimum absolute atomic E-state index is 0.0849. The highest BCUT2D eigenvalue weighted by atomic mass is 16.5. The molecule has 7 atom stereocenters. The smallest absolute Gasteiger partial charge is 0.302 e. The lowest BCUT2D eigenvalue weighted by Gasteiger charge is -2.50. The Kier molecular flexibility index (Phi) is 8.72. The highest BCUT2D eigenvalue weighted by Crippen LogP contribution is 2.62. The van der Waals surface area contributed by atoms with Crippen LogP contribution in [0.4, 0.5) is 0 Å². The van der Waals surface area contributed by atoms with E-state index in [1.54, 1.807) is 6.92 Å². The Bertz CT molecular complexity index is 620. The van der Waals surface area contributed by atoms with E-state index >= 15 is 0 Å². The number of ether oxygens (including phenoxy) is 1. The number of fused-ring (bicyclic) bond motifs is 3. The van der Waals surface area contributed by atoms with Crippen LogP contribution in [0.2, 0.25) is 0 Å².